The topological polar surface area (TPSA) is 42.9 Å². The Kier molecular flexibility index (Phi) is 6.00. The minimum Gasteiger partial charge on any atom is -0.298 e. The number of rotatable bonds is 1. The Labute approximate surface area is 119 Å². The first kappa shape index (κ1) is 14.8. The number of pyridine rings is 2. The zero-order chi connectivity index (χ0) is 13.5. The van der Waals surface area contributed by atoms with Crippen molar-refractivity contribution in [1.29, 1.82) is 0 Å². The molecule has 2 heterocycles. The van der Waals surface area contributed by atoms with E-state index < -0.39 is 11.9 Å². The van der Waals surface area contributed by atoms with Crippen LogP contribution in [0.4, 0.5) is 8.78 Å². The monoisotopic (exact) mass is 378 g/mol. The van der Waals surface area contributed by atoms with Crippen LogP contribution in [0.5, 0.6) is 0 Å². The molecule has 0 bridgehead atoms. The second-order valence-electron chi connectivity index (χ2n) is 2.95. The highest BCUT2D eigenvalue weighted by Gasteiger charge is 2.00. The Balaban J connectivity index is 0.000000184. The van der Waals surface area contributed by atoms with Crippen molar-refractivity contribution >= 4 is 38.1 Å². The minimum atomic E-state index is -0.738. The van der Waals surface area contributed by atoms with Crippen LogP contribution in [0, 0.1) is 11.9 Å². The highest BCUT2D eigenvalue weighted by Crippen LogP contribution is 2.10. The van der Waals surface area contributed by atoms with Gasteiger partial charge in [-0.15, -0.1) is 0 Å². The van der Waals surface area contributed by atoms with Crippen LogP contribution in [-0.4, -0.2) is 16.3 Å². The van der Waals surface area contributed by atoms with E-state index in [4.69, 9.17) is 0 Å². The summed E-state index contributed by atoms with van der Waals surface area (Å²) < 4.78 is 25.7. The maximum absolute atomic E-state index is 12.4. The van der Waals surface area contributed by atoms with E-state index in [2.05, 4.69) is 41.8 Å². The zero-order valence-electron chi connectivity index (χ0n) is 8.78. The summed E-state index contributed by atoms with van der Waals surface area (Å²) in [5.74, 6) is -1.19. The minimum absolute atomic E-state index is 0.0330. The van der Waals surface area contributed by atoms with Gasteiger partial charge in [0.1, 0.15) is 0 Å². The van der Waals surface area contributed by atoms with Gasteiger partial charge in [0, 0.05) is 21.3 Å². The molecule has 2 aromatic heterocycles. The molecule has 0 radical (unpaired) electrons. The van der Waals surface area contributed by atoms with Crippen molar-refractivity contribution in [1.82, 2.24) is 9.97 Å². The molecular weight excluding hydrogens is 374 g/mol. The normalized spacial score (nSPS) is 9.33. The molecule has 0 aliphatic carbocycles. The van der Waals surface area contributed by atoms with E-state index in [0.717, 1.165) is 4.47 Å². The highest BCUT2D eigenvalue weighted by atomic mass is 79.9. The molecule has 0 atom stereocenters. The molecule has 0 unspecified atom stereocenters. The Bertz CT molecular complexity index is 514. The molecule has 0 N–H and O–H groups in total. The summed E-state index contributed by atoms with van der Waals surface area (Å²) >= 11 is 6.17. The molecule has 2 aromatic rings. The fourth-order valence-corrected chi connectivity index (χ4v) is 1.46. The molecule has 2 rings (SSSR count). The molecular formula is C11H6Br2F2N2O. The molecule has 0 amide bonds. The molecule has 0 aliphatic heterocycles. The Morgan fingerprint density at radius 1 is 1.06 bits per heavy atom. The average molecular weight is 380 g/mol. The fourth-order valence-electron chi connectivity index (χ4n) is 0.879. The van der Waals surface area contributed by atoms with E-state index in [1.165, 1.54) is 24.5 Å². The summed E-state index contributed by atoms with van der Waals surface area (Å²) in [6.07, 6.45) is 3.13. The number of carbonyl (C=O) groups excluding carboxylic acids is 1. The lowest BCUT2D eigenvalue weighted by Gasteiger charge is -1.91. The summed E-state index contributed by atoms with van der Waals surface area (Å²) in [6.45, 7) is 0. The molecule has 94 valence electrons. The first-order chi connectivity index (χ1) is 8.52. The second kappa shape index (κ2) is 7.27. The SMILES string of the molecule is Fc1ccc(Br)cn1.O=Cc1cc(Br)cnc1F. The van der Waals surface area contributed by atoms with Crippen LogP contribution in [0.1, 0.15) is 10.4 Å². The summed E-state index contributed by atoms with van der Waals surface area (Å²) in [6, 6.07) is 4.27. The Morgan fingerprint density at radius 3 is 2.17 bits per heavy atom. The van der Waals surface area contributed by atoms with Crippen molar-refractivity contribution in [2.24, 2.45) is 0 Å². The predicted molar refractivity (Wildman–Crippen MR) is 69.2 cm³/mol. The lowest BCUT2D eigenvalue weighted by atomic mass is 10.3. The second-order valence-corrected chi connectivity index (χ2v) is 4.78. The number of carbonyl (C=O) groups is 1. The maximum Gasteiger partial charge on any atom is 0.223 e. The van der Waals surface area contributed by atoms with Gasteiger partial charge < -0.3 is 0 Å². The van der Waals surface area contributed by atoms with Crippen LogP contribution >= 0.6 is 31.9 Å². The number of halogens is 4. The summed E-state index contributed by atoms with van der Waals surface area (Å²) in [7, 11) is 0. The third kappa shape index (κ3) is 4.97. The van der Waals surface area contributed by atoms with Gasteiger partial charge in [0.05, 0.1) is 5.56 Å². The van der Waals surface area contributed by atoms with Crippen molar-refractivity contribution in [2.45, 2.75) is 0 Å². The zero-order valence-corrected chi connectivity index (χ0v) is 12.0. The van der Waals surface area contributed by atoms with Gasteiger partial charge in [0.15, 0.2) is 6.29 Å². The number of hydrogen-bond donors (Lipinski definition) is 0. The summed E-state index contributed by atoms with van der Waals surface area (Å²) in [5.41, 5.74) is -0.0330. The van der Waals surface area contributed by atoms with Gasteiger partial charge in [0.25, 0.3) is 0 Å². The number of hydrogen-bond acceptors (Lipinski definition) is 3. The lowest BCUT2D eigenvalue weighted by Crippen LogP contribution is -1.90. The van der Waals surface area contributed by atoms with Crippen LogP contribution in [0.2, 0.25) is 0 Å². The van der Waals surface area contributed by atoms with Crippen LogP contribution in [0.3, 0.4) is 0 Å². The molecule has 3 nitrogen and oxygen atoms in total. The quantitative estimate of drug-likeness (QED) is 0.559. The molecule has 0 fully saturated rings. The first-order valence-corrected chi connectivity index (χ1v) is 6.15. The van der Waals surface area contributed by atoms with Crippen LogP contribution in [-0.2, 0) is 0 Å². The standard InChI is InChI=1S/C6H3BrFNO.C5H3BrFN/c7-5-1-4(3-10)6(8)9-2-5;6-4-1-2-5(7)8-3-4/h1-3H;1-3H. The van der Waals surface area contributed by atoms with Gasteiger partial charge in [-0.3, -0.25) is 4.79 Å². The lowest BCUT2D eigenvalue weighted by molar-refractivity contribution is 0.111. The molecule has 18 heavy (non-hydrogen) atoms. The summed E-state index contributed by atoms with van der Waals surface area (Å²) in [5, 5.41) is 0. The van der Waals surface area contributed by atoms with Crippen molar-refractivity contribution < 1.29 is 13.6 Å². The molecule has 0 aliphatic rings. The van der Waals surface area contributed by atoms with Crippen molar-refractivity contribution in [2.75, 3.05) is 0 Å². The smallest absolute Gasteiger partial charge is 0.223 e. The fraction of sp³-hybridized carbons (Fsp3) is 0. The number of aldehydes is 1. The summed E-state index contributed by atoms with van der Waals surface area (Å²) in [4.78, 5) is 16.7. The Morgan fingerprint density at radius 2 is 1.72 bits per heavy atom. The van der Waals surface area contributed by atoms with Gasteiger partial charge in [-0.1, -0.05) is 0 Å². The van der Waals surface area contributed by atoms with Gasteiger partial charge >= 0.3 is 0 Å². The molecule has 0 saturated carbocycles. The average Bonchev–Trinajstić information content (AvgIpc) is 2.37. The van der Waals surface area contributed by atoms with E-state index >= 15 is 0 Å². The van der Waals surface area contributed by atoms with E-state index in [0.29, 0.717) is 10.8 Å². The molecule has 0 saturated heterocycles. The molecule has 0 aromatic carbocycles. The van der Waals surface area contributed by atoms with Crippen LogP contribution < -0.4 is 0 Å². The van der Waals surface area contributed by atoms with Crippen molar-refractivity contribution in [3.05, 3.63) is 57.0 Å². The third-order valence-electron chi connectivity index (χ3n) is 1.65. The van der Waals surface area contributed by atoms with Crippen molar-refractivity contribution in [3.8, 4) is 0 Å². The molecule has 7 heteroatoms. The van der Waals surface area contributed by atoms with E-state index in [-0.39, 0.29) is 5.56 Å². The number of aromatic nitrogens is 2. The Hall–Kier alpha value is -1.21. The third-order valence-corrected chi connectivity index (χ3v) is 2.55. The number of nitrogens with zero attached hydrogens (tertiary/aromatic N) is 2. The van der Waals surface area contributed by atoms with Gasteiger partial charge in [0.2, 0.25) is 11.9 Å². The molecule has 0 spiro atoms. The predicted octanol–water partition coefficient (Wildman–Crippen LogP) is 3.78. The first-order valence-electron chi connectivity index (χ1n) is 4.56. The van der Waals surface area contributed by atoms with E-state index in [1.54, 1.807) is 6.07 Å². The van der Waals surface area contributed by atoms with E-state index in [1.807, 2.05) is 0 Å². The van der Waals surface area contributed by atoms with Gasteiger partial charge in [-0.25, -0.2) is 9.97 Å². The highest BCUT2D eigenvalue weighted by molar-refractivity contribution is 9.10. The maximum atomic E-state index is 12.4. The van der Waals surface area contributed by atoms with Crippen LogP contribution in [0.15, 0.2) is 39.5 Å². The van der Waals surface area contributed by atoms with E-state index in [9.17, 15) is 13.6 Å². The largest absolute Gasteiger partial charge is 0.298 e. The van der Waals surface area contributed by atoms with Crippen molar-refractivity contribution in [3.63, 3.8) is 0 Å². The van der Waals surface area contributed by atoms with Gasteiger partial charge in [-0.2, -0.15) is 8.78 Å². The van der Waals surface area contributed by atoms with Gasteiger partial charge in [-0.05, 0) is 50.1 Å². The van der Waals surface area contributed by atoms with Crippen LogP contribution in [0.25, 0.3) is 0 Å².